The molecule has 0 aliphatic carbocycles. The van der Waals surface area contributed by atoms with Gasteiger partial charge in [-0.05, 0) is 23.9 Å². The topological polar surface area (TPSA) is 0 Å². The summed E-state index contributed by atoms with van der Waals surface area (Å²) in [6, 6.07) is 4.09. The summed E-state index contributed by atoms with van der Waals surface area (Å²) >= 11 is 4.94. The molecule has 0 heterocycles. The van der Waals surface area contributed by atoms with Gasteiger partial charge in [-0.25, -0.2) is 12.1 Å². The molecular formula is C10H24SSi. The van der Waals surface area contributed by atoms with Crippen LogP contribution >= 0.6 is 12.1 Å². The minimum atomic E-state index is -1.16. The molecule has 0 fully saturated rings. The molecule has 0 saturated carbocycles. The number of hydrogen-bond acceptors (Lipinski definition) is 1. The highest BCUT2D eigenvalue weighted by molar-refractivity contribution is 8.14. The average Bonchev–Trinajstić information content (AvgIpc) is 1.83. The van der Waals surface area contributed by atoms with E-state index in [9.17, 15) is 0 Å². The molecule has 0 aromatic rings. The molecule has 0 nitrogen and oxygen atoms in total. The molecule has 0 rings (SSSR count). The van der Waals surface area contributed by atoms with Crippen LogP contribution in [-0.4, -0.2) is 7.22 Å². The molecule has 0 spiro atoms. The van der Waals surface area contributed by atoms with Gasteiger partial charge in [-0.1, -0.05) is 40.7 Å². The standard InChI is InChI=1S/C10H24SSi/c1-6-12(11,7-9(2)3)8-10(4)5/h9-11H,6-8H2,1-5H3. The molecule has 0 aliphatic heterocycles. The summed E-state index contributed by atoms with van der Waals surface area (Å²) in [5, 5.41) is 0. The second-order valence-electron chi connectivity index (χ2n) is 4.77. The molecule has 0 N–H and O–H groups in total. The zero-order chi connectivity index (χ0) is 9.78. The molecule has 0 unspecified atom stereocenters. The van der Waals surface area contributed by atoms with Gasteiger partial charge in [0, 0.05) is 0 Å². The smallest absolute Gasteiger partial charge is 0.113 e. The van der Waals surface area contributed by atoms with Crippen molar-refractivity contribution in [3.05, 3.63) is 0 Å². The largest absolute Gasteiger partial charge is 0.202 e. The average molecular weight is 204 g/mol. The Hall–Kier alpha value is 0.567. The van der Waals surface area contributed by atoms with Gasteiger partial charge < -0.3 is 0 Å². The van der Waals surface area contributed by atoms with Crippen molar-refractivity contribution < 1.29 is 0 Å². The van der Waals surface area contributed by atoms with Crippen molar-refractivity contribution in [2.75, 3.05) is 0 Å². The first-order chi connectivity index (χ1) is 5.39. The van der Waals surface area contributed by atoms with E-state index in [1.54, 1.807) is 0 Å². The van der Waals surface area contributed by atoms with Gasteiger partial charge in [0.15, 0.2) is 0 Å². The van der Waals surface area contributed by atoms with E-state index in [0.29, 0.717) is 0 Å². The SMILES string of the molecule is CC[Si](S)(CC(C)C)CC(C)C. The Morgan fingerprint density at radius 1 is 1.00 bits per heavy atom. The summed E-state index contributed by atoms with van der Waals surface area (Å²) in [7, 11) is -1.16. The highest BCUT2D eigenvalue weighted by atomic mass is 32.3. The maximum absolute atomic E-state index is 4.94. The minimum absolute atomic E-state index is 0.827. The molecule has 0 radical (unpaired) electrons. The van der Waals surface area contributed by atoms with E-state index in [-0.39, 0.29) is 0 Å². The van der Waals surface area contributed by atoms with E-state index in [4.69, 9.17) is 12.1 Å². The Morgan fingerprint density at radius 2 is 1.33 bits per heavy atom. The first kappa shape index (κ1) is 12.6. The lowest BCUT2D eigenvalue weighted by molar-refractivity contribution is 0.685. The quantitative estimate of drug-likeness (QED) is 0.504. The first-order valence-electron chi connectivity index (χ1n) is 5.12. The van der Waals surface area contributed by atoms with Crippen LogP contribution in [-0.2, 0) is 0 Å². The Kier molecular flexibility index (Phi) is 5.58. The van der Waals surface area contributed by atoms with Crippen LogP contribution in [0.1, 0.15) is 34.6 Å². The third-order valence-electron chi connectivity index (χ3n) is 2.23. The maximum Gasteiger partial charge on any atom is 0.113 e. The summed E-state index contributed by atoms with van der Waals surface area (Å²) in [5.41, 5.74) is 0. The van der Waals surface area contributed by atoms with Crippen molar-refractivity contribution in [2.45, 2.75) is 52.8 Å². The van der Waals surface area contributed by atoms with E-state index in [2.05, 4.69) is 34.6 Å². The Morgan fingerprint density at radius 3 is 1.50 bits per heavy atom. The highest BCUT2D eigenvalue weighted by Crippen LogP contribution is 2.31. The van der Waals surface area contributed by atoms with E-state index in [1.807, 2.05) is 0 Å². The molecule has 0 saturated heterocycles. The predicted octanol–water partition coefficient (Wildman–Crippen LogP) is 4.19. The summed E-state index contributed by atoms with van der Waals surface area (Å²) in [5.74, 6) is 1.65. The van der Waals surface area contributed by atoms with Gasteiger partial charge >= 0.3 is 0 Å². The predicted molar refractivity (Wildman–Crippen MR) is 64.5 cm³/mol. The Bertz CT molecular complexity index is 111. The van der Waals surface area contributed by atoms with Crippen LogP contribution in [0.2, 0.25) is 18.1 Å². The minimum Gasteiger partial charge on any atom is -0.202 e. The van der Waals surface area contributed by atoms with Gasteiger partial charge in [-0.3, -0.25) is 0 Å². The molecule has 2 heteroatoms. The van der Waals surface area contributed by atoms with Crippen LogP contribution in [0.4, 0.5) is 0 Å². The van der Waals surface area contributed by atoms with Crippen molar-refractivity contribution in [1.29, 1.82) is 0 Å². The molecule has 0 atom stereocenters. The van der Waals surface area contributed by atoms with E-state index in [1.165, 1.54) is 18.1 Å². The summed E-state index contributed by atoms with van der Waals surface area (Å²) < 4.78 is 0. The molecule has 12 heavy (non-hydrogen) atoms. The van der Waals surface area contributed by atoms with E-state index in [0.717, 1.165) is 11.8 Å². The fraction of sp³-hybridized carbons (Fsp3) is 1.00. The second-order valence-corrected chi connectivity index (χ2v) is 11.6. The zero-order valence-electron chi connectivity index (χ0n) is 9.22. The maximum atomic E-state index is 4.94. The third kappa shape index (κ3) is 5.25. The van der Waals surface area contributed by atoms with Gasteiger partial charge in [0.2, 0.25) is 0 Å². The van der Waals surface area contributed by atoms with Gasteiger partial charge in [0.25, 0.3) is 0 Å². The van der Waals surface area contributed by atoms with E-state index >= 15 is 0 Å². The van der Waals surface area contributed by atoms with Crippen LogP contribution in [0.15, 0.2) is 0 Å². The lowest BCUT2D eigenvalue weighted by Gasteiger charge is -2.28. The lowest BCUT2D eigenvalue weighted by atomic mass is 10.3. The Labute approximate surface area is 84.2 Å². The van der Waals surface area contributed by atoms with E-state index < -0.39 is 7.22 Å². The number of rotatable bonds is 5. The van der Waals surface area contributed by atoms with Crippen LogP contribution in [0.25, 0.3) is 0 Å². The molecule has 0 aromatic carbocycles. The molecule has 0 aromatic heterocycles. The van der Waals surface area contributed by atoms with Gasteiger partial charge in [-0.15, -0.1) is 0 Å². The van der Waals surface area contributed by atoms with Crippen molar-refractivity contribution >= 4 is 19.3 Å². The van der Waals surface area contributed by atoms with Crippen molar-refractivity contribution in [3.63, 3.8) is 0 Å². The fourth-order valence-electron chi connectivity index (χ4n) is 1.89. The Balaban J connectivity index is 4.04. The second kappa shape index (κ2) is 5.33. The van der Waals surface area contributed by atoms with Crippen LogP contribution < -0.4 is 0 Å². The van der Waals surface area contributed by atoms with Crippen molar-refractivity contribution in [1.82, 2.24) is 0 Å². The monoisotopic (exact) mass is 204 g/mol. The summed E-state index contributed by atoms with van der Waals surface area (Å²) in [6.07, 6.45) is 0. The highest BCUT2D eigenvalue weighted by Gasteiger charge is 2.28. The molecule has 0 bridgehead atoms. The zero-order valence-corrected chi connectivity index (χ0v) is 11.1. The molecular weight excluding hydrogens is 180 g/mol. The number of hydrogen-bond donors (Lipinski definition) is 1. The lowest BCUT2D eigenvalue weighted by Crippen LogP contribution is -2.29. The first-order valence-corrected chi connectivity index (χ1v) is 9.03. The summed E-state index contributed by atoms with van der Waals surface area (Å²) in [4.78, 5) is 0. The van der Waals surface area contributed by atoms with Gasteiger partial charge in [0.1, 0.15) is 7.22 Å². The molecule has 74 valence electrons. The fourth-order valence-corrected chi connectivity index (χ4v) is 7.87. The van der Waals surface area contributed by atoms with Crippen LogP contribution in [0.3, 0.4) is 0 Å². The van der Waals surface area contributed by atoms with Crippen LogP contribution in [0.5, 0.6) is 0 Å². The van der Waals surface area contributed by atoms with Gasteiger partial charge in [0.05, 0.1) is 0 Å². The van der Waals surface area contributed by atoms with Crippen molar-refractivity contribution in [2.24, 2.45) is 11.8 Å². The van der Waals surface area contributed by atoms with Crippen molar-refractivity contribution in [3.8, 4) is 0 Å². The summed E-state index contributed by atoms with van der Waals surface area (Å²) in [6.45, 7) is 11.6. The molecule has 0 amide bonds. The number of thiol groups is 1. The normalized spacial score (nSPS) is 13.0. The third-order valence-corrected chi connectivity index (χ3v) is 8.75. The molecule has 0 aliphatic rings. The van der Waals surface area contributed by atoms with Gasteiger partial charge in [-0.2, -0.15) is 0 Å². The van der Waals surface area contributed by atoms with Crippen LogP contribution in [0, 0.1) is 11.8 Å².